The number of benzene rings is 2. The molecule has 154 valence electrons. The summed E-state index contributed by atoms with van der Waals surface area (Å²) in [6.07, 6.45) is -1.16. The van der Waals surface area contributed by atoms with Crippen LogP contribution in [0.15, 0.2) is 47.4 Å². The van der Waals surface area contributed by atoms with Gasteiger partial charge in [-0.1, -0.05) is 11.6 Å². The molecule has 0 saturated heterocycles. The fraction of sp³-hybridized carbons (Fsp3) is 0.300. The highest BCUT2D eigenvalue weighted by Gasteiger charge is 2.54. The standard InChI is InChI=1S/C20H17ClF2O5S/c1-28-19(25)15-11-20(9-8-18(15)24,16-10-13(22)4-7-17(16)23)29(26,27)14-5-2-12(21)3-6-14/h2-7,10,15H,8-9,11H2,1H3. The first-order valence-electron chi connectivity index (χ1n) is 8.68. The maximum absolute atomic E-state index is 14.8. The Morgan fingerprint density at radius 3 is 2.45 bits per heavy atom. The predicted octanol–water partition coefficient (Wildman–Crippen LogP) is 3.83. The third-order valence-corrected chi connectivity index (χ3v) is 8.01. The van der Waals surface area contributed by atoms with Crippen molar-refractivity contribution < 1.29 is 31.5 Å². The minimum atomic E-state index is -4.36. The number of ketones is 1. The summed E-state index contributed by atoms with van der Waals surface area (Å²) in [5.74, 6) is -4.60. The fourth-order valence-corrected chi connectivity index (χ4v) is 6.00. The monoisotopic (exact) mass is 442 g/mol. The third-order valence-electron chi connectivity index (χ3n) is 5.24. The van der Waals surface area contributed by atoms with Crippen LogP contribution < -0.4 is 0 Å². The molecule has 2 aromatic rings. The lowest BCUT2D eigenvalue weighted by Gasteiger charge is -2.39. The highest BCUT2D eigenvalue weighted by atomic mass is 35.5. The maximum atomic E-state index is 14.8. The fourth-order valence-electron chi connectivity index (χ4n) is 3.72. The van der Waals surface area contributed by atoms with Crippen molar-refractivity contribution in [3.63, 3.8) is 0 Å². The summed E-state index contributed by atoms with van der Waals surface area (Å²) in [6, 6.07) is 7.71. The van der Waals surface area contributed by atoms with Gasteiger partial charge in [0.1, 0.15) is 28.1 Å². The largest absolute Gasteiger partial charge is 0.468 e. The Balaban J connectivity index is 2.27. The Hall–Kier alpha value is -2.32. The molecule has 0 aromatic heterocycles. The van der Waals surface area contributed by atoms with Crippen molar-refractivity contribution in [2.24, 2.45) is 5.92 Å². The molecule has 1 aliphatic carbocycles. The van der Waals surface area contributed by atoms with Crippen LogP contribution in [0, 0.1) is 17.6 Å². The van der Waals surface area contributed by atoms with Gasteiger partial charge in [-0.15, -0.1) is 0 Å². The number of esters is 1. The molecule has 29 heavy (non-hydrogen) atoms. The van der Waals surface area contributed by atoms with E-state index in [1.54, 1.807) is 0 Å². The van der Waals surface area contributed by atoms with E-state index in [1.807, 2.05) is 0 Å². The molecule has 2 atom stereocenters. The van der Waals surface area contributed by atoms with Crippen molar-refractivity contribution in [1.29, 1.82) is 0 Å². The molecule has 2 unspecified atom stereocenters. The second-order valence-electron chi connectivity index (χ2n) is 6.82. The van der Waals surface area contributed by atoms with Crippen LogP contribution in [0.5, 0.6) is 0 Å². The van der Waals surface area contributed by atoms with Crippen LogP contribution in [-0.2, 0) is 28.9 Å². The topological polar surface area (TPSA) is 77.5 Å². The molecule has 1 fully saturated rings. The first-order chi connectivity index (χ1) is 13.6. The average Bonchev–Trinajstić information content (AvgIpc) is 2.70. The molecule has 0 spiro atoms. The van der Waals surface area contributed by atoms with Crippen molar-refractivity contribution in [1.82, 2.24) is 0 Å². The molecule has 1 saturated carbocycles. The summed E-state index contributed by atoms with van der Waals surface area (Å²) in [5.41, 5.74) is -0.422. The molecule has 0 heterocycles. The number of methoxy groups -OCH3 is 1. The Bertz CT molecular complexity index is 1060. The summed E-state index contributed by atoms with van der Waals surface area (Å²) in [5, 5.41) is 0.293. The summed E-state index contributed by atoms with van der Waals surface area (Å²) in [6.45, 7) is 0. The SMILES string of the molecule is COC(=O)C1CC(c2cc(F)ccc2F)(S(=O)(=O)c2ccc(Cl)cc2)CCC1=O. The Labute approximate surface area is 171 Å². The van der Waals surface area contributed by atoms with Crippen LogP contribution in [0.3, 0.4) is 0 Å². The lowest BCUT2D eigenvalue weighted by molar-refractivity contribution is -0.151. The van der Waals surface area contributed by atoms with Gasteiger partial charge in [0.05, 0.1) is 12.0 Å². The molecule has 0 bridgehead atoms. The van der Waals surface area contributed by atoms with Gasteiger partial charge in [0.2, 0.25) is 0 Å². The molecule has 2 aromatic carbocycles. The van der Waals surface area contributed by atoms with Crippen molar-refractivity contribution in [2.45, 2.75) is 28.9 Å². The predicted molar refractivity (Wildman–Crippen MR) is 101 cm³/mol. The van der Waals surface area contributed by atoms with Gasteiger partial charge in [-0.2, -0.15) is 0 Å². The number of Topliss-reactive ketones (excluding diaryl/α,β-unsaturated/α-hetero) is 1. The number of carbonyl (C=O) groups is 2. The first kappa shape index (κ1) is 21.4. The zero-order valence-electron chi connectivity index (χ0n) is 15.3. The number of carbonyl (C=O) groups excluding carboxylic acids is 2. The summed E-state index contributed by atoms with van der Waals surface area (Å²) >= 11 is 5.84. The highest BCUT2D eigenvalue weighted by Crippen LogP contribution is 2.49. The van der Waals surface area contributed by atoms with E-state index in [4.69, 9.17) is 11.6 Å². The molecule has 0 aliphatic heterocycles. The summed E-state index contributed by atoms with van der Waals surface area (Å²) in [7, 11) is -3.28. The lowest BCUT2D eigenvalue weighted by Crippen LogP contribution is -2.46. The highest BCUT2D eigenvalue weighted by molar-refractivity contribution is 7.92. The second-order valence-corrected chi connectivity index (χ2v) is 9.52. The van der Waals surface area contributed by atoms with Gasteiger partial charge in [-0.3, -0.25) is 9.59 Å². The van der Waals surface area contributed by atoms with Crippen LogP contribution >= 0.6 is 11.6 Å². The molecule has 9 heteroatoms. The number of sulfone groups is 1. The average molecular weight is 443 g/mol. The normalized spacial score (nSPS) is 22.3. The van der Waals surface area contributed by atoms with E-state index in [0.717, 1.165) is 25.3 Å². The van der Waals surface area contributed by atoms with E-state index in [9.17, 15) is 26.8 Å². The quantitative estimate of drug-likeness (QED) is 0.531. The molecule has 3 rings (SSSR count). The zero-order valence-corrected chi connectivity index (χ0v) is 16.9. The molecule has 1 aliphatic rings. The number of ether oxygens (including phenoxy) is 1. The minimum Gasteiger partial charge on any atom is -0.468 e. The number of halogens is 3. The van der Waals surface area contributed by atoms with E-state index in [2.05, 4.69) is 4.74 Å². The lowest BCUT2D eigenvalue weighted by atomic mass is 9.76. The van der Waals surface area contributed by atoms with Gasteiger partial charge in [-0.25, -0.2) is 17.2 Å². The smallest absolute Gasteiger partial charge is 0.316 e. The van der Waals surface area contributed by atoms with Crippen molar-refractivity contribution in [3.8, 4) is 0 Å². The third kappa shape index (κ3) is 3.67. The van der Waals surface area contributed by atoms with Crippen LogP contribution in [0.1, 0.15) is 24.8 Å². The molecular weight excluding hydrogens is 426 g/mol. The molecule has 5 nitrogen and oxygen atoms in total. The van der Waals surface area contributed by atoms with Crippen LogP contribution in [-0.4, -0.2) is 27.3 Å². The maximum Gasteiger partial charge on any atom is 0.316 e. The zero-order chi connectivity index (χ0) is 21.4. The second kappa shape index (κ2) is 7.84. The number of hydrogen-bond donors (Lipinski definition) is 0. The van der Waals surface area contributed by atoms with Crippen molar-refractivity contribution >= 4 is 33.2 Å². The Morgan fingerprint density at radius 2 is 1.83 bits per heavy atom. The number of rotatable bonds is 4. The number of hydrogen-bond acceptors (Lipinski definition) is 5. The van der Waals surface area contributed by atoms with Gasteiger partial charge in [-0.05, 0) is 55.3 Å². The minimum absolute atomic E-state index is 0.177. The van der Waals surface area contributed by atoms with Crippen molar-refractivity contribution in [3.05, 3.63) is 64.7 Å². The Kier molecular flexibility index (Phi) is 5.78. The first-order valence-corrected chi connectivity index (χ1v) is 10.5. The van der Waals surface area contributed by atoms with Crippen LogP contribution in [0.25, 0.3) is 0 Å². The van der Waals surface area contributed by atoms with Gasteiger partial charge in [0.15, 0.2) is 9.84 Å². The molecule has 0 amide bonds. The molecular formula is C20H17ClF2O5S. The van der Waals surface area contributed by atoms with Crippen molar-refractivity contribution in [2.75, 3.05) is 7.11 Å². The van der Waals surface area contributed by atoms with E-state index in [1.165, 1.54) is 24.3 Å². The Morgan fingerprint density at radius 1 is 1.17 bits per heavy atom. The van der Waals surface area contributed by atoms with Gasteiger partial charge in [0, 0.05) is 17.0 Å². The van der Waals surface area contributed by atoms with Gasteiger partial charge < -0.3 is 4.74 Å². The van der Waals surface area contributed by atoms with Crippen LogP contribution in [0.2, 0.25) is 5.02 Å². The molecule has 0 N–H and O–H groups in total. The van der Waals surface area contributed by atoms with Gasteiger partial charge >= 0.3 is 5.97 Å². The van der Waals surface area contributed by atoms with E-state index < -0.39 is 55.9 Å². The van der Waals surface area contributed by atoms with Crippen LogP contribution in [0.4, 0.5) is 8.78 Å². The van der Waals surface area contributed by atoms with E-state index in [0.29, 0.717) is 5.02 Å². The summed E-state index contributed by atoms with van der Waals surface area (Å²) in [4.78, 5) is 24.2. The molecule has 0 radical (unpaired) electrons. The van der Waals surface area contributed by atoms with E-state index >= 15 is 0 Å². The summed E-state index contributed by atoms with van der Waals surface area (Å²) < 4.78 is 58.7. The van der Waals surface area contributed by atoms with Gasteiger partial charge in [0.25, 0.3) is 0 Å². The van der Waals surface area contributed by atoms with E-state index in [-0.39, 0.29) is 17.7 Å².